The molecule has 5 nitrogen and oxygen atoms in total. The topological polar surface area (TPSA) is 64.4 Å². The Bertz CT molecular complexity index is 1070. The fourth-order valence-corrected chi connectivity index (χ4v) is 3.45. The first kappa shape index (κ1) is 19.5. The van der Waals surface area contributed by atoms with Gasteiger partial charge in [0.25, 0.3) is 0 Å². The lowest BCUT2D eigenvalue weighted by atomic mass is 9.90. The molecule has 0 aliphatic heterocycles. The van der Waals surface area contributed by atoms with Gasteiger partial charge in [-0.2, -0.15) is 0 Å². The van der Waals surface area contributed by atoms with E-state index in [1.54, 1.807) is 13.3 Å². The number of hydrogen-bond donors (Lipinski definition) is 1. The maximum absolute atomic E-state index is 13.2. The van der Waals surface area contributed by atoms with Gasteiger partial charge in [-0.3, -0.25) is 10.1 Å². The van der Waals surface area contributed by atoms with Gasteiger partial charge in [0.1, 0.15) is 11.5 Å². The monoisotopic (exact) mass is 398 g/mol. The lowest BCUT2D eigenvalue weighted by Crippen LogP contribution is -2.22. The van der Waals surface area contributed by atoms with Crippen LogP contribution in [0.1, 0.15) is 28.4 Å². The Morgan fingerprint density at radius 1 is 0.933 bits per heavy atom. The van der Waals surface area contributed by atoms with E-state index < -0.39 is 5.92 Å². The minimum atomic E-state index is -0.461. The van der Waals surface area contributed by atoms with Crippen molar-refractivity contribution in [3.8, 4) is 5.75 Å². The molecule has 1 heterocycles. The van der Waals surface area contributed by atoms with Crippen molar-refractivity contribution < 1.29 is 13.9 Å². The Morgan fingerprint density at radius 2 is 1.53 bits per heavy atom. The number of ether oxygens (including phenoxy) is 1. The van der Waals surface area contributed by atoms with Crippen LogP contribution in [-0.4, -0.2) is 18.0 Å². The highest BCUT2D eigenvalue weighted by molar-refractivity contribution is 5.96. The van der Waals surface area contributed by atoms with Crippen LogP contribution >= 0.6 is 0 Å². The molecule has 4 rings (SSSR count). The van der Waals surface area contributed by atoms with E-state index in [4.69, 9.17) is 9.15 Å². The molecule has 3 aromatic carbocycles. The Morgan fingerprint density at radius 3 is 2.17 bits per heavy atom. The molecular weight excluding hydrogens is 376 g/mol. The normalized spacial score (nSPS) is 10.7. The van der Waals surface area contributed by atoms with Crippen molar-refractivity contribution in [2.75, 3.05) is 12.4 Å². The third-order valence-electron chi connectivity index (χ3n) is 4.87. The van der Waals surface area contributed by atoms with E-state index in [0.717, 1.165) is 22.4 Å². The predicted octanol–water partition coefficient (Wildman–Crippen LogP) is 5.04. The largest absolute Gasteiger partial charge is 0.496 e. The Kier molecular flexibility index (Phi) is 5.90. The van der Waals surface area contributed by atoms with Gasteiger partial charge in [0.05, 0.1) is 19.2 Å². The zero-order chi connectivity index (χ0) is 20.8. The van der Waals surface area contributed by atoms with Gasteiger partial charge in [0.2, 0.25) is 5.91 Å². The van der Waals surface area contributed by atoms with E-state index in [2.05, 4.69) is 10.3 Å². The first-order valence-electron chi connectivity index (χ1n) is 9.72. The summed E-state index contributed by atoms with van der Waals surface area (Å²) in [6, 6.07) is 27.3. The first-order valence-corrected chi connectivity index (χ1v) is 9.72. The van der Waals surface area contributed by atoms with E-state index in [0.29, 0.717) is 12.2 Å². The number of para-hydroxylation sites is 1. The van der Waals surface area contributed by atoms with Crippen molar-refractivity contribution in [2.24, 2.45) is 0 Å². The third kappa shape index (κ3) is 4.41. The third-order valence-corrected chi connectivity index (χ3v) is 4.87. The molecular formula is C25H22N2O3. The average Bonchev–Trinajstić information content (AvgIpc) is 3.22. The summed E-state index contributed by atoms with van der Waals surface area (Å²) in [5.41, 5.74) is 2.80. The molecule has 0 atom stereocenters. The Labute approximate surface area is 175 Å². The van der Waals surface area contributed by atoms with Gasteiger partial charge in [-0.1, -0.05) is 78.9 Å². The number of aromatic nitrogens is 1. The van der Waals surface area contributed by atoms with E-state index in [9.17, 15) is 4.79 Å². The maximum atomic E-state index is 13.2. The zero-order valence-corrected chi connectivity index (χ0v) is 16.6. The number of methoxy groups -OCH3 is 1. The quantitative estimate of drug-likeness (QED) is 0.473. The number of oxazole rings is 1. The number of carbonyl (C=O) groups excluding carboxylic acids is 1. The predicted molar refractivity (Wildman–Crippen MR) is 116 cm³/mol. The highest BCUT2D eigenvalue weighted by atomic mass is 16.5. The van der Waals surface area contributed by atoms with E-state index in [-0.39, 0.29) is 11.9 Å². The number of anilines is 1. The summed E-state index contributed by atoms with van der Waals surface area (Å²) >= 11 is 0. The van der Waals surface area contributed by atoms with E-state index >= 15 is 0 Å². The number of amides is 1. The van der Waals surface area contributed by atoms with E-state index in [1.165, 1.54) is 0 Å². The zero-order valence-electron chi connectivity index (χ0n) is 16.6. The number of benzene rings is 3. The summed E-state index contributed by atoms with van der Waals surface area (Å²) in [6.45, 7) is 0. The fraction of sp³-hybridized carbons (Fsp3) is 0.120. The van der Waals surface area contributed by atoms with Gasteiger partial charge in [-0.05, 0) is 17.2 Å². The van der Waals surface area contributed by atoms with Gasteiger partial charge in [-0.15, -0.1) is 0 Å². The molecule has 4 aromatic rings. The molecule has 0 unspecified atom stereocenters. The summed E-state index contributed by atoms with van der Waals surface area (Å²) in [6.07, 6.45) is 2.15. The summed E-state index contributed by atoms with van der Waals surface area (Å²) in [5, 5.41) is 2.83. The molecule has 0 aliphatic carbocycles. The molecule has 1 N–H and O–H groups in total. The summed E-state index contributed by atoms with van der Waals surface area (Å²) in [5.74, 6) is 0.772. The van der Waals surface area contributed by atoms with Crippen LogP contribution in [0.4, 0.5) is 6.01 Å². The number of hydrogen-bond acceptors (Lipinski definition) is 4. The van der Waals surface area contributed by atoms with Crippen molar-refractivity contribution in [1.82, 2.24) is 4.98 Å². The highest BCUT2D eigenvalue weighted by Crippen LogP contribution is 2.27. The molecule has 1 amide bonds. The van der Waals surface area contributed by atoms with Crippen LogP contribution in [0.5, 0.6) is 5.75 Å². The number of nitrogens with one attached hydrogen (secondary N) is 1. The molecule has 0 saturated heterocycles. The molecule has 1 aromatic heterocycles. The molecule has 0 radical (unpaired) electrons. The minimum absolute atomic E-state index is 0.182. The number of rotatable bonds is 7. The van der Waals surface area contributed by atoms with Gasteiger partial charge >= 0.3 is 6.01 Å². The highest BCUT2D eigenvalue weighted by Gasteiger charge is 2.24. The second-order valence-electron chi connectivity index (χ2n) is 6.86. The average molecular weight is 398 g/mol. The Balaban J connectivity index is 1.54. The fourth-order valence-electron chi connectivity index (χ4n) is 3.45. The van der Waals surface area contributed by atoms with E-state index in [1.807, 2.05) is 84.9 Å². The second kappa shape index (κ2) is 9.09. The van der Waals surface area contributed by atoms with Gasteiger partial charge in [-0.25, -0.2) is 4.98 Å². The lowest BCUT2D eigenvalue weighted by molar-refractivity contribution is -0.116. The van der Waals surface area contributed by atoms with Crippen LogP contribution in [0, 0.1) is 0 Å². The van der Waals surface area contributed by atoms with Crippen molar-refractivity contribution >= 4 is 11.9 Å². The van der Waals surface area contributed by atoms with Crippen LogP contribution in [0.3, 0.4) is 0 Å². The standard InChI is InChI=1S/C25H22N2O3/c1-29-22-15-9-8-14-20(22)16-21-17-26-25(30-21)27-24(28)23(18-10-4-2-5-11-18)19-12-6-3-7-13-19/h2-15,17,23H,16H2,1H3,(H,26,27,28). The Hall–Kier alpha value is -3.86. The smallest absolute Gasteiger partial charge is 0.301 e. The molecule has 0 fully saturated rings. The van der Waals surface area contributed by atoms with Crippen LogP contribution in [0.2, 0.25) is 0 Å². The molecule has 150 valence electrons. The molecule has 0 saturated carbocycles. The van der Waals surface area contributed by atoms with Crippen LogP contribution < -0.4 is 10.1 Å². The van der Waals surface area contributed by atoms with Crippen molar-refractivity contribution in [3.05, 3.63) is 114 Å². The van der Waals surface area contributed by atoms with Crippen molar-refractivity contribution in [2.45, 2.75) is 12.3 Å². The van der Waals surface area contributed by atoms with Crippen molar-refractivity contribution in [1.29, 1.82) is 0 Å². The van der Waals surface area contributed by atoms with Crippen LogP contribution in [-0.2, 0) is 11.2 Å². The number of nitrogens with zero attached hydrogens (tertiary/aromatic N) is 1. The van der Waals surface area contributed by atoms with Crippen LogP contribution in [0.15, 0.2) is 95.5 Å². The molecule has 0 spiro atoms. The molecule has 0 aliphatic rings. The molecule has 30 heavy (non-hydrogen) atoms. The minimum Gasteiger partial charge on any atom is -0.496 e. The maximum Gasteiger partial charge on any atom is 0.301 e. The van der Waals surface area contributed by atoms with Crippen molar-refractivity contribution in [3.63, 3.8) is 0 Å². The number of carbonyl (C=O) groups is 1. The summed E-state index contributed by atoms with van der Waals surface area (Å²) in [7, 11) is 1.64. The SMILES string of the molecule is COc1ccccc1Cc1cnc(NC(=O)C(c2ccccc2)c2ccccc2)o1. The second-order valence-corrected chi connectivity index (χ2v) is 6.86. The van der Waals surface area contributed by atoms with Gasteiger partial charge < -0.3 is 9.15 Å². The molecule has 0 bridgehead atoms. The van der Waals surface area contributed by atoms with Crippen LogP contribution in [0.25, 0.3) is 0 Å². The summed E-state index contributed by atoms with van der Waals surface area (Å²) < 4.78 is 11.2. The van der Waals surface area contributed by atoms with Gasteiger partial charge in [0, 0.05) is 12.0 Å². The lowest BCUT2D eigenvalue weighted by Gasteiger charge is -2.16. The summed E-state index contributed by atoms with van der Waals surface area (Å²) in [4.78, 5) is 17.4. The van der Waals surface area contributed by atoms with Gasteiger partial charge in [0.15, 0.2) is 0 Å². The first-order chi connectivity index (χ1) is 14.7. The molecule has 5 heteroatoms.